The third-order valence-electron chi connectivity index (χ3n) is 1.88. The van der Waals surface area contributed by atoms with Crippen LogP contribution in [0.2, 0.25) is 0 Å². The van der Waals surface area contributed by atoms with Gasteiger partial charge in [-0.1, -0.05) is 46.3 Å². The average molecular weight is 277 g/mol. The van der Waals surface area contributed by atoms with Gasteiger partial charge in [0, 0.05) is 10.7 Å². The smallest absolute Gasteiger partial charge is 0.141 e. The van der Waals surface area contributed by atoms with E-state index >= 15 is 0 Å². The number of hydrogen-bond acceptors (Lipinski definition) is 3. The molecule has 0 radical (unpaired) electrons. The fourth-order valence-electron chi connectivity index (χ4n) is 1.12. The number of nitrogens with zero attached hydrogens (tertiary/aromatic N) is 4. The van der Waals surface area contributed by atoms with E-state index in [2.05, 4.69) is 31.2 Å². The minimum atomic E-state index is 0.977. The molecule has 2 aromatic rings. The minimum absolute atomic E-state index is 0.977. The lowest BCUT2D eigenvalue weighted by molar-refractivity contribution is 0.879. The Morgan fingerprint density at radius 2 is 1.88 bits per heavy atom. The van der Waals surface area contributed by atoms with Crippen molar-refractivity contribution in [2.24, 2.45) is 5.10 Å². The maximum absolute atomic E-state index is 4.09. The van der Waals surface area contributed by atoms with Crippen molar-refractivity contribution >= 4 is 26.6 Å². The first kappa shape index (κ1) is 10.8. The van der Waals surface area contributed by atoms with Crippen molar-refractivity contribution in [2.45, 2.75) is 0 Å². The summed E-state index contributed by atoms with van der Waals surface area (Å²) in [5.41, 5.74) is 1.11. The molecule has 0 amide bonds. The van der Waals surface area contributed by atoms with Gasteiger partial charge in [-0.3, -0.25) is 0 Å². The molecule has 2 rings (SSSR count). The van der Waals surface area contributed by atoms with E-state index < -0.39 is 0 Å². The predicted molar refractivity (Wildman–Crippen MR) is 67.3 cm³/mol. The molecular weight excluding hydrogens is 268 g/mol. The summed E-state index contributed by atoms with van der Waals surface area (Å²) in [4.78, 5) is 0. The van der Waals surface area contributed by atoms with E-state index in [-0.39, 0.29) is 0 Å². The summed E-state index contributed by atoms with van der Waals surface area (Å²) in [7, 11) is 0. The lowest BCUT2D eigenvalue weighted by atomic mass is 10.2. The molecule has 0 aliphatic carbocycles. The van der Waals surface area contributed by atoms with Crippen molar-refractivity contribution in [2.75, 3.05) is 0 Å². The molecule has 4 nitrogen and oxygen atoms in total. The van der Waals surface area contributed by atoms with Crippen LogP contribution in [0, 0.1) is 0 Å². The molecule has 1 aromatic carbocycles. The van der Waals surface area contributed by atoms with Crippen LogP contribution in [-0.4, -0.2) is 21.1 Å². The standard InChI is InChI=1S/C11H9BrN4/c12-11(10-4-2-1-3-5-10)6-7-15-16-8-13-14-9-16/h1-9H/b11-6-,15-7+. The lowest BCUT2D eigenvalue weighted by Gasteiger charge is -1.96. The van der Waals surface area contributed by atoms with Crippen molar-refractivity contribution in [3.05, 3.63) is 54.6 Å². The van der Waals surface area contributed by atoms with Crippen LogP contribution in [0.4, 0.5) is 0 Å². The van der Waals surface area contributed by atoms with Crippen LogP contribution in [-0.2, 0) is 0 Å². The van der Waals surface area contributed by atoms with Gasteiger partial charge >= 0.3 is 0 Å². The van der Waals surface area contributed by atoms with E-state index in [0.717, 1.165) is 10.0 Å². The highest BCUT2D eigenvalue weighted by Gasteiger charge is 1.93. The van der Waals surface area contributed by atoms with E-state index in [0.29, 0.717) is 0 Å². The maximum Gasteiger partial charge on any atom is 0.141 e. The molecular formula is C11H9BrN4. The minimum Gasteiger partial charge on any atom is -0.208 e. The Hall–Kier alpha value is -1.75. The van der Waals surface area contributed by atoms with Gasteiger partial charge in [-0.05, 0) is 11.6 Å². The molecule has 1 heterocycles. The van der Waals surface area contributed by atoms with Gasteiger partial charge in [0.05, 0.1) is 0 Å². The predicted octanol–water partition coefficient (Wildman–Crippen LogP) is 2.55. The Labute approximate surface area is 101 Å². The zero-order chi connectivity index (χ0) is 11.2. The average Bonchev–Trinajstić information content (AvgIpc) is 2.83. The molecule has 0 saturated heterocycles. The van der Waals surface area contributed by atoms with Crippen LogP contribution in [0.5, 0.6) is 0 Å². The summed E-state index contributed by atoms with van der Waals surface area (Å²) in [6.45, 7) is 0. The second-order valence-corrected chi connectivity index (χ2v) is 3.84. The Balaban J connectivity index is 2.08. The van der Waals surface area contributed by atoms with Gasteiger partial charge in [-0.2, -0.15) is 5.10 Å². The molecule has 0 spiro atoms. The number of aromatic nitrogens is 3. The SMILES string of the molecule is Br/C(=C\C=N\n1cnnc1)c1ccccc1. The van der Waals surface area contributed by atoms with Gasteiger partial charge in [-0.25, -0.2) is 4.68 Å². The Morgan fingerprint density at radius 1 is 1.19 bits per heavy atom. The molecule has 0 saturated carbocycles. The highest BCUT2D eigenvalue weighted by molar-refractivity contribution is 9.15. The van der Waals surface area contributed by atoms with Gasteiger partial charge < -0.3 is 0 Å². The Morgan fingerprint density at radius 3 is 2.56 bits per heavy atom. The summed E-state index contributed by atoms with van der Waals surface area (Å²) >= 11 is 3.48. The topological polar surface area (TPSA) is 43.1 Å². The van der Waals surface area contributed by atoms with E-state index in [4.69, 9.17) is 0 Å². The molecule has 0 aliphatic rings. The molecule has 0 aliphatic heterocycles. The van der Waals surface area contributed by atoms with Crippen molar-refractivity contribution in [1.29, 1.82) is 0 Å². The van der Waals surface area contributed by atoms with Crippen LogP contribution in [0.25, 0.3) is 4.48 Å². The van der Waals surface area contributed by atoms with Crippen molar-refractivity contribution < 1.29 is 0 Å². The summed E-state index contributed by atoms with van der Waals surface area (Å²) in [6.07, 6.45) is 6.61. The van der Waals surface area contributed by atoms with Crippen molar-refractivity contribution in [3.8, 4) is 0 Å². The number of hydrogen-bond donors (Lipinski definition) is 0. The lowest BCUT2D eigenvalue weighted by Crippen LogP contribution is -1.83. The van der Waals surface area contributed by atoms with E-state index in [1.807, 2.05) is 36.4 Å². The zero-order valence-corrected chi connectivity index (χ0v) is 9.95. The van der Waals surface area contributed by atoms with Crippen LogP contribution < -0.4 is 0 Å². The Bertz CT molecular complexity index is 488. The largest absolute Gasteiger partial charge is 0.208 e. The quantitative estimate of drug-likeness (QED) is 0.809. The van der Waals surface area contributed by atoms with Gasteiger partial charge in [0.2, 0.25) is 0 Å². The molecule has 5 heteroatoms. The maximum atomic E-state index is 4.09. The van der Waals surface area contributed by atoms with E-state index in [9.17, 15) is 0 Å². The molecule has 0 bridgehead atoms. The van der Waals surface area contributed by atoms with Crippen molar-refractivity contribution in [3.63, 3.8) is 0 Å². The fraction of sp³-hybridized carbons (Fsp3) is 0. The summed E-state index contributed by atoms with van der Waals surface area (Å²) < 4.78 is 2.51. The summed E-state index contributed by atoms with van der Waals surface area (Å²) in [5.74, 6) is 0. The first-order valence-electron chi connectivity index (χ1n) is 4.66. The van der Waals surface area contributed by atoms with Gasteiger partial charge in [0.1, 0.15) is 12.7 Å². The summed E-state index contributed by atoms with van der Waals surface area (Å²) in [5, 5.41) is 11.4. The van der Waals surface area contributed by atoms with Crippen molar-refractivity contribution in [1.82, 2.24) is 14.9 Å². The normalized spacial score (nSPS) is 12.2. The van der Waals surface area contributed by atoms with Gasteiger partial charge in [0.15, 0.2) is 0 Å². The third-order valence-corrected chi connectivity index (χ3v) is 2.60. The van der Waals surface area contributed by atoms with Crippen LogP contribution >= 0.6 is 15.9 Å². The monoisotopic (exact) mass is 276 g/mol. The number of rotatable bonds is 3. The van der Waals surface area contributed by atoms with Gasteiger partial charge in [0.25, 0.3) is 0 Å². The third kappa shape index (κ3) is 2.87. The first-order chi connectivity index (χ1) is 7.86. The molecule has 0 N–H and O–H groups in total. The number of halogens is 1. The van der Waals surface area contributed by atoms with Crippen LogP contribution in [0.1, 0.15) is 5.56 Å². The zero-order valence-electron chi connectivity index (χ0n) is 8.36. The molecule has 0 atom stereocenters. The highest BCUT2D eigenvalue weighted by atomic mass is 79.9. The Kier molecular flexibility index (Phi) is 3.61. The molecule has 16 heavy (non-hydrogen) atoms. The van der Waals surface area contributed by atoms with E-state index in [1.54, 1.807) is 6.21 Å². The molecule has 0 fully saturated rings. The second kappa shape index (κ2) is 5.37. The molecule has 80 valence electrons. The first-order valence-corrected chi connectivity index (χ1v) is 5.46. The van der Waals surface area contributed by atoms with Crippen LogP contribution in [0.3, 0.4) is 0 Å². The van der Waals surface area contributed by atoms with Crippen LogP contribution in [0.15, 0.2) is 54.2 Å². The highest BCUT2D eigenvalue weighted by Crippen LogP contribution is 2.19. The molecule has 0 unspecified atom stereocenters. The van der Waals surface area contributed by atoms with E-state index in [1.165, 1.54) is 17.3 Å². The molecule has 1 aromatic heterocycles. The fourth-order valence-corrected chi connectivity index (χ4v) is 1.51. The summed E-state index contributed by atoms with van der Waals surface area (Å²) in [6, 6.07) is 10.00. The number of benzene rings is 1. The van der Waals surface area contributed by atoms with Gasteiger partial charge in [-0.15, -0.1) is 10.2 Å². The second-order valence-electron chi connectivity index (χ2n) is 2.99. The number of allylic oxidation sites excluding steroid dienone is 1.